The molecule has 1 amide bonds. The van der Waals surface area contributed by atoms with Gasteiger partial charge >= 0.3 is 0 Å². The number of aromatic amines is 1. The number of ether oxygens (including phenoxy) is 2. The third kappa shape index (κ3) is 3.12. The second kappa shape index (κ2) is 7.41. The Labute approximate surface area is 190 Å². The third-order valence-corrected chi connectivity index (χ3v) is 6.21. The van der Waals surface area contributed by atoms with Crippen molar-refractivity contribution in [3.8, 4) is 28.5 Å². The van der Waals surface area contributed by atoms with Crippen LogP contribution in [0.4, 0.5) is 0 Å². The predicted octanol–water partition coefficient (Wildman–Crippen LogP) is 4.56. The number of nitrogens with one attached hydrogen (secondary N) is 1. The molecule has 0 aliphatic carbocycles. The third-order valence-electron chi connectivity index (χ3n) is 6.21. The molecule has 4 aromatic rings. The molecule has 2 aliphatic rings. The Morgan fingerprint density at radius 2 is 1.85 bits per heavy atom. The number of carbonyl (C=O) groups is 1. The Bertz CT molecular complexity index is 1380. The predicted molar refractivity (Wildman–Crippen MR) is 121 cm³/mol. The normalized spacial score (nSPS) is 16.3. The van der Waals surface area contributed by atoms with Crippen molar-refractivity contribution < 1.29 is 19.4 Å². The highest BCUT2D eigenvalue weighted by Crippen LogP contribution is 2.45. The number of hydrogen-bond acceptors (Lipinski definition) is 5. The number of para-hydroxylation sites is 1. The molecule has 0 saturated heterocycles. The van der Waals surface area contributed by atoms with Crippen LogP contribution in [0.1, 0.15) is 38.8 Å². The van der Waals surface area contributed by atoms with E-state index in [0.29, 0.717) is 35.0 Å². The molecular weight excluding hydrogens is 418 g/mol. The fourth-order valence-corrected chi connectivity index (χ4v) is 4.57. The van der Waals surface area contributed by atoms with Crippen molar-refractivity contribution in [1.82, 2.24) is 15.1 Å². The van der Waals surface area contributed by atoms with Crippen LogP contribution in [-0.2, 0) is 6.54 Å². The smallest absolute Gasteiger partial charge is 0.273 e. The van der Waals surface area contributed by atoms with Gasteiger partial charge in [0.2, 0.25) is 6.79 Å². The topological polar surface area (TPSA) is 87.7 Å². The highest BCUT2D eigenvalue weighted by Gasteiger charge is 2.42. The van der Waals surface area contributed by atoms with Crippen LogP contribution < -0.4 is 9.47 Å². The zero-order valence-electron chi connectivity index (χ0n) is 17.9. The molecule has 6 rings (SSSR count). The van der Waals surface area contributed by atoms with Crippen LogP contribution in [0.25, 0.3) is 11.3 Å². The quantitative estimate of drug-likeness (QED) is 0.487. The lowest BCUT2D eigenvalue weighted by atomic mass is 9.95. The second-order valence-corrected chi connectivity index (χ2v) is 8.31. The summed E-state index contributed by atoms with van der Waals surface area (Å²) >= 11 is 0. The van der Waals surface area contributed by atoms with Crippen LogP contribution in [-0.4, -0.2) is 32.9 Å². The standard InChI is InChI=1S/C26H21N3O4/c1-15-6-9-17(10-7-15)25-22-23(18-4-2-3-5-19(18)30)27-28-24(22)26(31)29(25)13-16-8-11-20-21(12-16)33-14-32-20/h2-12,25,30H,13-14H2,1H3,(H,27,28)/t25-/m1/s1. The molecule has 0 unspecified atom stereocenters. The van der Waals surface area contributed by atoms with Crippen LogP contribution in [0.3, 0.4) is 0 Å². The van der Waals surface area contributed by atoms with Gasteiger partial charge in [-0.05, 0) is 42.3 Å². The van der Waals surface area contributed by atoms with Crippen LogP contribution in [0, 0.1) is 6.92 Å². The van der Waals surface area contributed by atoms with Gasteiger partial charge in [0, 0.05) is 17.7 Å². The Hall–Kier alpha value is -4.26. The number of H-pyrrole nitrogens is 1. The van der Waals surface area contributed by atoms with Crippen molar-refractivity contribution in [2.24, 2.45) is 0 Å². The molecule has 0 fully saturated rings. The first kappa shape index (κ1) is 19.4. The SMILES string of the molecule is Cc1ccc([C@@H]2c3c(-c4ccccc4O)n[nH]c3C(=O)N2Cc2ccc3c(c2)OCO3)cc1. The van der Waals surface area contributed by atoms with Gasteiger partial charge in [0.15, 0.2) is 11.5 Å². The molecule has 0 bridgehead atoms. The number of phenols is 1. The van der Waals surface area contributed by atoms with Gasteiger partial charge in [-0.2, -0.15) is 5.10 Å². The Morgan fingerprint density at radius 1 is 1.06 bits per heavy atom. The average Bonchev–Trinajstić information content (AvgIpc) is 3.52. The van der Waals surface area contributed by atoms with Crippen LogP contribution in [0.2, 0.25) is 0 Å². The van der Waals surface area contributed by atoms with Gasteiger partial charge in [-0.15, -0.1) is 0 Å². The lowest BCUT2D eigenvalue weighted by molar-refractivity contribution is 0.0730. The van der Waals surface area contributed by atoms with E-state index in [9.17, 15) is 9.90 Å². The minimum atomic E-state index is -0.355. The van der Waals surface area contributed by atoms with Crippen LogP contribution in [0.15, 0.2) is 66.7 Å². The summed E-state index contributed by atoms with van der Waals surface area (Å²) in [4.78, 5) is 15.4. The monoisotopic (exact) mass is 439 g/mol. The summed E-state index contributed by atoms with van der Waals surface area (Å²) in [5.74, 6) is 1.37. The van der Waals surface area contributed by atoms with Crippen molar-refractivity contribution >= 4 is 5.91 Å². The number of fused-ring (bicyclic) bond motifs is 2. The number of carbonyl (C=O) groups excluding carboxylic acids is 1. The van der Waals surface area contributed by atoms with Gasteiger partial charge in [0.05, 0.1) is 6.04 Å². The van der Waals surface area contributed by atoms with Gasteiger partial charge in [0.25, 0.3) is 5.91 Å². The summed E-state index contributed by atoms with van der Waals surface area (Å²) in [6, 6.07) is 20.6. The molecule has 0 radical (unpaired) electrons. The molecule has 3 heterocycles. The van der Waals surface area contributed by atoms with E-state index in [4.69, 9.17) is 9.47 Å². The number of aryl methyl sites for hydroxylation is 1. The number of rotatable bonds is 4. The lowest BCUT2D eigenvalue weighted by Gasteiger charge is -2.27. The molecule has 2 N–H and O–H groups in total. The molecule has 0 spiro atoms. The number of phenolic OH excluding ortho intramolecular Hbond substituents is 1. The number of hydrogen-bond donors (Lipinski definition) is 2. The fraction of sp³-hybridized carbons (Fsp3) is 0.154. The summed E-state index contributed by atoms with van der Waals surface area (Å²) in [5.41, 5.74) is 5.43. The summed E-state index contributed by atoms with van der Waals surface area (Å²) in [5, 5.41) is 17.9. The van der Waals surface area contributed by atoms with E-state index in [-0.39, 0.29) is 24.5 Å². The fourth-order valence-electron chi connectivity index (χ4n) is 4.57. The maximum Gasteiger partial charge on any atom is 0.273 e. The molecule has 1 aromatic heterocycles. The Kier molecular flexibility index (Phi) is 4.36. The zero-order valence-corrected chi connectivity index (χ0v) is 17.9. The number of amides is 1. The van der Waals surface area contributed by atoms with Gasteiger partial charge in [-0.1, -0.05) is 48.0 Å². The van der Waals surface area contributed by atoms with Gasteiger partial charge < -0.3 is 19.5 Å². The van der Waals surface area contributed by atoms with Crippen molar-refractivity contribution in [2.45, 2.75) is 19.5 Å². The molecule has 7 nitrogen and oxygen atoms in total. The van der Waals surface area contributed by atoms with Crippen molar-refractivity contribution in [3.05, 3.63) is 94.7 Å². The lowest BCUT2D eigenvalue weighted by Crippen LogP contribution is -2.29. The number of benzene rings is 3. The largest absolute Gasteiger partial charge is 0.507 e. The first-order chi connectivity index (χ1) is 16.1. The average molecular weight is 439 g/mol. The van der Waals surface area contributed by atoms with E-state index >= 15 is 0 Å². The molecule has 2 aliphatic heterocycles. The molecule has 7 heteroatoms. The molecule has 164 valence electrons. The number of nitrogens with zero attached hydrogens (tertiary/aromatic N) is 2. The highest BCUT2D eigenvalue weighted by molar-refractivity contribution is 6.00. The first-order valence-corrected chi connectivity index (χ1v) is 10.7. The van der Waals surface area contributed by atoms with E-state index in [1.165, 1.54) is 0 Å². The van der Waals surface area contributed by atoms with E-state index in [1.807, 2.05) is 66.4 Å². The molecular formula is C26H21N3O4. The van der Waals surface area contributed by atoms with Gasteiger partial charge in [-0.3, -0.25) is 9.89 Å². The molecule has 0 saturated carbocycles. The first-order valence-electron chi connectivity index (χ1n) is 10.7. The van der Waals surface area contributed by atoms with Crippen LogP contribution in [0.5, 0.6) is 17.2 Å². The Balaban J connectivity index is 1.47. The maximum absolute atomic E-state index is 13.6. The van der Waals surface area contributed by atoms with Crippen molar-refractivity contribution in [3.63, 3.8) is 0 Å². The van der Waals surface area contributed by atoms with Crippen molar-refractivity contribution in [1.29, 1.82) is 0 Å². The minimum Gasteiger partial charge on any atom is -0.507 e. The molecule has 1 atom stereocenters. The summed E-state index contributed by atoms with van der Waals surface area (Å²) in [6.07, 6.45) is 0. The van der Waals surface area contributed by atoms with Crippen LogP contribution >= 0.6 is 0 Å². The summed E-state index contributed by atoms with van der Waals surface area (Å²) in [6.45, 7) is 2.62. The summed E-state index contributed by atoms with van der Waals surface area (Å²) in [7, 11) is 0. The number of aromatic nitrogens is 2. The number of aromatic hydroxyl groups is 1. The molecule has 3 aromatic carbocycles. The van der Waals surface area contributed by atoms with Gasteiger partial charge in [-0.25, -0.2) is 0 Å². The minimum absolute atomic E-state index is 0.121. The van der Waals surface area contributed by atoms with E-state index in [1.54, 1.807) is 12.1 Å². The van der Waals surface area contributed by atoms with E-state index in [0.717, 1.165) is 22.3 Å². The summed E-state index contributed by atoms with van der Waals surface area (Å²) < 4.78 is 10.9. The second-order valence-electron chi connectivity index (χ2n) is 8.31. The Morgan fingerprint density at radius 3 is 2.67 bits per heavy atom. The van der Waals surface area contributed by atoms with Crippen molar-refractivity contribution in [2.75, 3.05) is 6.79 Å². The molecule has 33 heavy (non-hydrogen) atoms. The highest BCUT2D eigenvalue weighted by atomic mass is 16.7. The maximum atomic E-state index is 13.6. The van der Waals surface area contributed by atoms with Gasteiger partial charge in [0.1, 0.15) is 17.1 Å². The zero-order chi connectivity index (χ0) is 22.5. The van der Waals surface area contributed by atoms with E-state index < -0.39 is 0 Å². The van der Waals surface area contributed by atoms with E-state index in [2.05, 4.69) is 10.2 Å².